The first-order valence-corrected chi connectivity index (χ1v) is 9.36. The molecule has 0 saturated carbocycles. The zero-order valence-electron chi connectivity index (χ0n) is 15.9. The van der Waals surface area contributed by atoms with Crippen LogP contribution in [0.15, 0.2) is 24.3 Å². The molecule has 3 N–H and O–H groups in total. The summed E-state index contributed by atoms with van der Waals surface area (Å²) in [7, 11) is 1.68. The molecular formula is C19H32N4O3. The van der Waals surface area contributed by atoms with Gasteiger partial charge < -0.3 is 25.4 Å². The number of benzene rings is 1. The number of nitrogens with zero attached hydrogens (tertiary/aromatic N) is 2. The van der Waals surface area contributed by atoms with Crippen molar-refractivity contribution in [1.82, 2.24) is 15.5 Å². The average Bonchev–Trinajstić information content (AvgIpc) is 2.70. The van der Waals surface area contributed by atoms with Gasteiger partial charge in [-0.25, -0.2) is 4.79 Å². The lowest BCUT2D eigenvalue weighted by Crippen LogP contribution is -2.47. The number of ether oxygens (including phenoxy) is 1. The van der Waals surface area contributed by atoms with E-state index >= 15 is 0 Å². The Bertz CT molecular complexity index is 530. The molecule has 0 aliphatic carbocycles. The molecule has 1 aliphatic heterocycles. The van der Waals surface area contributed by atoms with E-state index in [1.165, 1.54) is 5.69 Å². The highest BCUT2D eigenvalue weighted by Gasteiger charge is 2.16. The molecule has 1 aromatic carbocycles. The fourth-order valence-electron chi connectivity index (χ4n) is 2.92. The van der Waals surface area contributed by atoms with Crippen LogP contribution in [0.25, 0.3) is 0 Å². The number of piperazine rings is 1. The van der Waals surface area contributed by atoms with Crippen LogP contribution in [0.4, 0.5) is 10.5 Å². The van der Waals surface area contributed by atoms with Crippen LogP contribution in [0.1, 0.15) is 13.3 Å². The SMILES string of the molecule is COc1ccc(N2CCN(CCCNC(=O)NCC(C)CO)CC2)cc1. The van der Waals surface area contributed by atoms with Crippen LogP contribution in [0, 0.1) is 5.92 Å². The Hall–Kier alpha value is -1.99. The van der Waals surface area contributed by atoms with Crippen LogP contribution >= 0.6 is 0 Å². The van der Waals surface area contributed by atoms with Crippen LogP contribution in [-0.4, -0.2) is 75.6 Å². The predicted octanol–water partition coefficient (Wildman–Crippen LogP) is 1.13. The van der Waals surface area contributed by atoms with Crippen LogP contribution in [0.5, 0.6) is 5.75 Å². The molecule has 1 aromatic rings. The fourth-order valence-corrected chi connectivity index (χ4v) is 2.92. The van der Waals surface area contributed by atoms with Crippen LogP contribution < -0.4 is 20.3 Å². The van der Waals surface area contributed by atoms with Crippen molar-refractivity contribution in [2.75, 3.05) is 64.4 Å². The molecular weight excluding hydrogens is 332 g/mol. The standard InChI is InChI=1S/C19H32N4O3/c1-16(15-24)14-21-19(25)20-8-3-9-22-10-12-23(13-11-22)17-4-6-18(26-2)7-5-17/h4-7,16,24H,3,8-15H2,1-2H3,(H2,20,21,25). The number of aliphatic hydroxyl groups is 1. The second-order valence-electron chi connectivity index (χ2n) is 6.80. The monoisotopic (exact) mass is 364 g/mol. The van der Waals surface area contributed by atoms with E-state index in [-0.39, 0.29) is 18.6 Å². The third-order valence-electron chi connectivity index (χ3n) is 4.67. The largest absolute Gasteiger partial charge is 0.497 e. The van der Waals surface area contributed by atoms with Crippen molar-refractivity contribution in [3.05, 3.63) is 24.3 Å². The molecule has 1 unspecified atom stereocenters. The first kappa shape index (κ1) is 20.3. The minimum atomic E-state index is -0.158. The minimum Gasteiger partial charge on any atom is -0.497 e. The van der Waals surface area contributed by atoms with Gasteiger partial charge in [0.05, 0.1) is 7.11 Å². The fraction of sp³-hybridized carbons (Fsp3) is 0.632. The maximum atomic E-state index is 11.6. The number of rotatable bonds is 9. The Morgan fingerprint density at radius 3 is 2.50 bits per heavy atom. The molecule has 1 atom stereocenters. The van der Waals surface area contributed by atoms with Gasteiger partial charge in [-0.05, 0) is 43.1 Å². The molecule has 1 fully saturated rings. The Morgan fingerprint density at radius 2 is 1.88 bits per heavy atom. The van der Waals surface area contributed by atoms with Crippen LogP contribution in [0.2, 0.25) is 0 Å². The molecule has 26 heavy (non-hydrogen) atoms. The average molecular weight is 364 g/mol. The van der Waals surface area contributed by atoms with Crippen molar-refractivity contribution >= 4 is 11.7 Å². The highest BCUT2D eigenvalue weighted by atomic mass is 16.5. The second-order valence-corrected chi connectivity index (χ2v) is 6.80. The molecule has 2 rings (SSSR count). The summed E-state index contributed by atoms with van der Waals surface area (Å²) in [6.45, 7) is 8.23. The van der Waals surface area contributed by atoms with Gasteiger partial charge in [-0.1, -0.05) is 6.92 Å². The van der Waals surface area contributed by atoms with Gasteiger partial charge in [0.1, 0.15) is 5.75 Å². The number of carbonyl (C=O) groups excluding carboxylic acids is 1. The van der Waals surface area contributed by atoms with Gasteiger partial charge in [-0.3, -0.25) is 4.90 Å². The number of hydrogen-bond acceptors (Lipinski definition) is 5. The van der Waals surface area contributed by atoms with Gasteiger partial charge >= 0.3 is 6.03 Å². The third kappa shape index (κ3) is 6.72. The van der Waals surface area contributed by atoms with Crippen molar-refractivity contribution in [2.24, 2.45) is 5.92 Å². The molecule has 0 aromatic heterocycles. The van der Waals surface area contributed by atoms with E-state index in [1.54, 1.807) is 7.11 Å². The van der Waals surface area contributed by atoms with E-state index in [1.807, 2.05) is 19.1 Å². The summed E-state index contributed by atoms with van der Waals surface area (Å²) < 4.78 is 5.21. The number of aliphatic hydroxyl groups excluding tert-OH is 1. The van der Waals surface area contributed by atoms with Gasteiger partial charge in [0.15, 0.2) is 0 Å². The van der Waals surface area contributed by atoms with Gasteiger partial charge in [0, 0.05) is 51.6 Å². The zero-order valence-corrected chi connectivity index (χ0v) is 15.9. The number of hydrogen-bond donors (Lipinski definition) is 3. The first-order valence-electron chi connectivity index (χ1n) is 9.36. The number of methoxy groups -OCH3 is 1. The number of carbonyl (C=O) groups is 1. The molecule has 0 spiro atoms. The Morgan fingerprint density at radius 1 is 1.19 bits per heavy atom. The van der Waals surface area contributed by atoms with Gasteiger partial charge in [-0.15, -0.1) is 0 Å². The summed E-state index contributed by atoms with van der Waals surface area (Å²) in [5.41, 5.74) is 1.24. The van der Waals surface area contributed by atoms with Crippen LogP contribution in [0.3, 0.4) is 0 Å². The van der Waals surface area contributed by atoms with Gasteiger partial charge in [0.25, 0.3) is 0 Å². The lowest BCUT2D eigenvalue weighted by molar-refractivity contribution is 0.220. The van der Waals surface area contributed by atoms with Gasteiger partial charge in [0.2, 0.25) is 0 Å². The molecule has 7 heteroatoms. The van der Waals surface area contributed by atoms with Gasteiger partial charge in [-0.2, -0.15) is 0 Å². The quantitative estimate of drug-likeness (QED) is 0.573. The van der Waals surface area contributed by atoms with E-state index in [2.05, 4.69) is 32.6 Å². The van der Waals surface area contributed by atoms with Crippen molar-refractivity contribution in [1.29, 1.82) is 0 Å². The van der Waals surface area contributed by atoms with Crippen molar-refractivity contribution in [3.8, 4) is 5.75 Å². The zero-order chi connectivity index (χ0) is 18.8. The molecule has 1 saturated heterocycles. The summed E-state index contributed by atoms with van der Waals surface area (Å²) >= 11 is 0. The van der Waals surface area contributed by atoms with E-state index < -0.39 is 0 Å². The Kier molecular flexibility index (Phi) is 8.50. The number of urea groups is 1. The van der Waals surface area contributed by atoms with Crippen molar-refractivity contribution in [3.63, 3.8) is 0 Å². The van der Waals surface area contributed by atoms with E-state index in [0.29, 0.717) is 13.1 Å². The maximum Gasteiger partial charge on any atom is 0.314 e. The van der Waals surface area contributed by atoms with Crippen molar-refractivity contribution in [2.45, 2.75) is 13.3 Å². The summed E-state index contributed by atoms with van der Waals surface area (Å²) in [6, 6.07) is 8.05. The molecule has 1 aliphatic rings. The minimum absolute atomic E-state index is 0.0859. The Balaban J connectivity index is 1.58. The summed E-state index contributed by atoms with van der Waals surface area (Å²) in [5, 5.41) is 14.6. The molecule has 7 nitrogen and oxygen atoms in total. The van der Waals surface area contributed by atoms with Crippen LogP contribution in [-0.2, 0) is 0 Å². The van der Waals surface area contributed by atoms with E-state index in [0.717, 1.165) is 44.9 Å². The third-order valence-corrected chi connectivity index (χ3v) is 4.67. The molecule has 0 bridgehead atoms. The predicted molar refractivity (Wildman–Crippen MR) is 104 cm³/mol. The molecule has 146 valence electrons. The topological polar surface area (TPSA) is 77.1 Å². The van der Waals surface area contributed by atoms with Crippen molar-refractivity contribution < 1.29 is 14.6 Å². The summed E-state index contributed by atoms with van der Waals surface area (Å²) in [6.07, 6.45) is 0.936. The maximum absolute atomic E-state index is 11.6. The molecule has 0 radical (unpaired) electrons. The Labute approximate surface area is 156 Å². The summed E-state index contributed by atoms with van der Waals surface area (Å²) in [4.78, 5) is 16.5. The second kappa shape index (κ2) is 10.9. The first-order chi connectivity index (χ1) is 12.6. The molecule has 2 amide bonds. The molecule has 1 heterocycles. The van der Waals surface area contributed by atoms with E-state index in [4.69, 9.17) is 9.84 Å². The number of anilines is 1. The van der Waals surface area contributed by atoms with E-state index in [9.17, 15) is 4.79 Å². The highest BCUT2D eigenvalue weighted by Crippen LogP contribution is 2.20. The normalized spacial score (nSPS) is 16.2. The highest BCUT2D eigenvalue weighted by molar-refractivity contribution is 5.73. The lowest BCUT2D eigenvalue weighted by Gasteiger charge is -2.36. The lowest BCUT2D eigenvalue weighted by atomic mass is 10.2. The summed E-state index contributed by atoms with van der Waals surface area (Å²) in [5.74, 6) is 0.970. The number of amides is 2. The smallest absolute Gasteiger partial charge is 0.314 e. The number of nitrogens with one attached hydrogen (secondary N) is 2.